The quantitative estimate of drug-likeness (QED) is 0.889. The summed E-state index contributed by atoms with van der Waals surface area (Å²) in [6.45, 7) is 4.02. The highest BCUT2D eigenvalue weighted by Crippen LogP contribution is 2.23. The molecule has 0 radical (unpaired) electrons. The molecule has 1 unspecified atom stereocenters. The van der Waals surface area contributed by atoms with Crippen LogP contribution in [0.4, 0.5) is 0 Å². The van der Waals surface area contributed by atoms with E-state index in [4.69, 9.17) is 10.2 Å². The van der Waals surface area contributed by atoms with Gasteiger partial charge in [0.25, 0.3) is 0 Å². The summed E-state index contributed by atoms with van der Waals surface area (Å²) in [5, 5.41) is 0.942. The van der Waals surface area contributed by atoms with Crippen molar-refractivity contribution >= 4 is 20.8 Å². The predicted molar refractivity (Wildman–Crippen MR) is 81.3 cm³/mol. The topological polar surface area (TPSA) is 73.3 Å². The monoisotopic (exact) mass is 295 g/mol. The van der Waals surface area contributed by atoms with Crippen LogP contribution in [0, 0.1) is 5.92 Å². The van der Waals surface area contributed by atoms with Crippen LogP contribution in [-0.4, -0.2) is 19.9 Å². The smallest absolute Gasteiger partial charge is 0.152 e. The van der Waals surface area contributed by atoms with Crippen molar-refractivity contribution in [2.45, 2.75) is 26.3 Å². The molecule has 2 N–H and O–H groups in total. The SMILES string of the molecule is CC(C)CCS(=O)(=O)CC(N)c1cc2ccccc2o1. The van der Waals surface area contributed by atoms with Crippen LogP contribution in [0.25, 0.3) is 11.0 Å². The Morgan fingerprint density at radius 3 is 2.60 bits per heavy atom. The molecule has 0 fully saturated rings. The second-order valence-electron chi connectivity index (χ2n) is 5.59. The molecule has 4 nitrogen and oxygen atoms in total. The van der Waals surface area contributed by atoms with E-state index in [1.807, 2.05) is 44.2 Å². The average Bonchev–Trinajstić information content (AvgIpc) is 2.80. The van der Waals surface area contributed by atoms with Crippen molar-refractivity contribution in [3.63, 3.8) is 0 Å². The molecule has 0 aliphatic rings. The van der Waals surface area contributed by atoms with Crippen molar-refractivity contribution in [3.8, 4) is 0 Å². The summed E-state index contributed by atoms with van der Waals surface area (Å²) < 4.78 is 29.6. The molecule has 1 heterocycles. The Balaban J connectivity index is 2.09. The van der Waals surface area contributed by atoms with E-state index >= 15 is 0 Å². The Labute approximate surface area is 119 Å². The molecule has 0 amide bonds. The molecular formula is C15H21NO3S. The van der Waals surface area contributed by atoms with Crippen LogP contribution in [0.5, 0.6) is 0 Å². The second-order valence-corrected chi connectivity index (χ2v) is 7.82. The Hall–Kier alpha value is -1.33. The summed E-state index contributed by atoms with van der Waals surface area (Å²) in [5.41, 5.74) is 6.71. The maximum absolute atomic E-state index is 12.0. The van der Waals surface area contributed by atoms with E-state index < -0.39 is 15.9 Å². The van der Waals surface area contributed by atoms with Gasteiger partial charge in [0, 0.05) is 5.39 Å². The lowest BCUT2D eigenvalue weighted by molar-refractivity contribution is 0.506. The summed E-state index contributed by atoms with van der Waals surface area (Å²) in [6, 6.07) is 8.76. The van der Waals surface area contributed by atoms with E-state index in [0.717, 1.165) is 11.0 Å². The highest BCUT2D eigenvalue weighted by atomic mass is 32.2. The van der Waals surface area contributed by atoms with Crippen LogP contribution >= 0.6 is 0 Å². The van der Waals surface area contributed by atoms with E-state index in [-0.39, 0.29) is 11.5 Å². The van der Waals surface area contributed by atoms with Crippen LogP contribution in [0.2, 0.25) is 0 Å². The third-order valence-electron chi connectivity index (χ3n) is 3.25. The molecule has 110 valence electrons. The fourth-order valence-corrected chi connectivity index (χ4v) is 3.75. The zero-order valence-electron chi connectivity index (χ0n) is 11.9. The van der Waals surface area contributed by atoms with Gasteiger partial charge in [-0.25, -0.2) is 8.42 Å². The average molecular weight is 295 g/mol. The van der Waals surface area contributed by atoms with E-state index in [0.29, 0.717) is 18.1 Å². The highest BCUT2D eigenvalue weighted by molar-refractivity contribution is 7.91. The molecule has 20 heavy (non-hydrogen) atoms. The van der Waals surface area contributed by atoms with E-state index in [2.05, 4.69) is 0 Å². The number of hydrogen-bond acceptors (Lipinski definition) is 4. The maximum atomic E-state index is 12.0. The number of sulfone groups is 1. The summed E-state index contributed by atoms with van der Waals surface area (Å²) in [4.78, 5) is 0. The third kappa shape index (κ3) is 3.84. The first-order valence-electron chi connectivity index (χ1n) is 6.82. The maximum Gasteiger partial charge on any atom is 0.152 e. The Morgan fingerprint density at radius 2 is 1.95 bits per heavy atom. The molecule has 0 saturated carbocycles. The third-order valence-corrected chi connectivity index (χ3v) is 4.97. The molecule has 1 aromatic carbocycles. The lowest BCUT2D eigenvalue weighted by Crippen LogP contribution is -2.23. The molecule has 2 aromatic rings. The fourth-order valence-electron chi connectivity index (χ4n) is 2.04. The normalized spacial score (nSPS) is 14.0. The number of nitrogens with two attached hydrogens (primary N) is 1. The van der Waals surface area contributed by atoms with Gasteiger partial charge >= 0.3 is 0 Å². The van der Waals surface area contributed by atoms with Crippen molar-refractivity contribution in [2.75, 3.05) is 11.5 Å². The van der Waals surface area contributed by atoms with Gasteiger partial charge < -0.3 is 10.2 Å². The molecule has 5 heteroatoms. The van der Waals surface area contributed by atoms with Gasteiger partial charge in [-0.2, -0.15) is 0 Å². The lowest BCUT2D eigenvalue weighted by atomic mass is 10.2. The van der Waals surface area contributed by atoms with E-state index in [1.54, 1.807) is 0 Å². The molecule has 0 saturated heterocycles. The largest absolute Gasteiger partial charge is 0.459 e. The minimum absolute atomic E-state index is 0.0699. The zero-order chi connectivity index (χ0) is 14.8. The molecule has 0 aliphatic heterocycles. The highest BCUT2D eigenvalue weighted by Gasteiger charge is 2.20. The molecule has 1 aromatic heterocycles. The number of fused-ring (bicyclic) bond motifs is 1. The van der Waals surface area contributed by atoms with Gasteiger partial charge in [0.15, 0.2) is 9.84 Å². The van der Waals surface area contributed by atoms with Crippen LogP contribution in [0.15, 0.2) is 34.7 Å². The Kier molecular flexibility index (Phi) is 4.50. The van der Waals surface area contributed by atoms with Crippen LogP contribution < -0.4 is 5.73 Å². The molecular weight excluding hydrogens is 274 g/mol. The number of rotatable bonds is 6. The summed E-state index contributed by atoms with van der Waals surface area (Å²) >= 11 is 0. The van der Waals surface area contributed by atoms with Gasteiger partial charge in [0.05, 0.1) is 17.5 Å². The second kappa shape index (κ2) is 5.97. The number of benzene rings is 1. The molecule has 0 bridgehead atoms. The Bertz CT molecular complexity index is 640. The molecule has 0 aliphatic carbocycles. The van der Waals surface area contributed by atoms with Gasteiger partial charge in [-0.05, 0) is 24.5 Å². The van der Waals surface area contributed by atoms with E-state index in [9.17, 15) is 8.42 Å². The molecule has 1 atom stereocenters. The Morgan fingerprint density at radius 1 is 1.25 bits per heavy atom. The standard InChI is InChI=1S/C15H21NO3S/c1-11(2)7-8-20(17,18)10-13(16)15-9-12-5-3-4-6-14(12)19-15/h3-6,9,11,13H,7-8,10,16H2,1-2H3. The summed E-state index contributed by atoms with van der Waals surface area (Å²) in [7, 11) is -3.15. The van der Waals surface area contributed by atoms with Gasteiger partial charge in [0.2, 0.25) is 0 Å². The first-order valence-corrected chi connectivity index (χ1v) is 8.64. The van der Waals surface area contributed by atoms with Crippen molar-refractivity contribution in [3.05, 3.63) is 36.1 Å². The van der Waals surface area contributed by atoms with E-state index in [1.165, 1.54) is 0 Å². The minimum atomic E-state index is -3.15. The van der Waals surface area contributed by atoms with Crippen molar-refractivity contribution in [2.24, 2.45) is 11.7 Å². The van der Waals surface area contributed by atoms with Gasteiger partial charge in [-0.15, -0.1) is 0 Å². The number of furan rings is 1. The first kappa shape index (κ1) is 15.1. The number of para-hydroxylation sites is 1. The fraction of sp³-hybridized carbons (Fsp3) is 0.467. The molecule has 0 spiro atoms. The van der Waals surface area contributed by atoms with Crippen molar-refractivity contribution < 1.29 is 12.8 Å². The van der Waals surface area contributed by atoms with Gasteiger partial charge in [0.1, 0.15) is 11.3 Å². The van der Waals surface area contributed by atoms with Crippen molar-refractivity contribution in [1.29, 1.82) is 0 Å². The van der Waals surface area contributed by atoms with Gasteiger partial charge in [-0.3, -0.25) is 0 Å². The summed E-state index contributed by atoms with van der Waals surface area (Å²) in [5.74, 6) is 1.00. The zero-order valence-corrected chi connectivity index (χ0v) is 12.7. The van der Waals surface area contributed by atoms with Crippen molar-refractivity contribution in [1.82, 2.24) is 0 Å². The molecule has 2 rings (SSSR count). The van der Waals surface area contributed by atoms with Gasteiger partial charge in [-0.1, -0.05) is 32.0 Å². The lowest BCUT2D eigenvalue weighted by Gasteiger charge is -2.10. The van der Waals surface area contributed by atoms with Crippen LogP contribution in [-0.2, 0) is 9.84 Å². The summed E-state index contributed by atoms with van der Waals surface area (Å²) in [6.07, 6.45) is 0.662. The predicted octanol–water partition coefficient (Wildman–Crippen LogP) is 2.89. The van der Waals surface area contributed by atoms with Crippen LogP contribution in [0.1, 0.15) is 32.1 Å². The van der Waals surface area contributed by atoms with Crippen LogP contribution in [0.3, 0.4) is 0 Å². The number of hydrogen-bond donors (Lipinski definition) is 1. The first-order chi connectivity index (χ1) is 9.37. The minimum Gasteiger partial charge on any atom is -0.459 e.